The van der Waals surface area contributed by atoms with Crippen LogP contribution in [0.15, 0.2) is 41.9 Å². The zero-order chi connectivity index (χ0) is 17.1. The van der Waals surface area contributed by atoms with E-state index < -0.39 is 0 Å². The molecule has 1 amide bonds. The number of hydrogen-bond acceptors (Lipinski definition) is 4. The first-order valence-electron chi connectivity index (χ1n) is 7.60. The molecule has 0 radical (unpaired) electrons. The summed E-state index contributed by atoms with van der Waals surface area (Å²) in [6.45, 7) is 4.48. The van der Waals surface area contributed by atoms with Crippen molar-refractivity contribution in [3.63, 3.8) is 0 Å². The Bertz CT molecular complexity index is 850. The smallest absolute Gasteiger partial charge is 0.255 e. The molecule has 3 rings (SSSR count). The zero-order valence-corrected chi connectivity index (χ0v) is 14.7. The number of nitrogens with zero attached hydrogens (tertiary/aromatic N) is 2. The molecule has 0 unspecified atom stereocenters. The number of amides is 1. The Labute approximate surface area is 144 Å². The van der Waals surface area contributed by atoms with Crippen LogP contribution < -0.4 is 10.1 Å². The van der Waals surface area contributed by atoms with E-state index in [-0.39, 0.29) is 5.91 Å². The largest absolute Gasteiger partial charge is 0.497 e. The zero-order valence-electron chi connectivity index (χ0n) is 13.9. The first-order valence-corrected chi connectivity index (χ1v) is 8.48. The number of methoxy groups -OCH3 is 1. The van der Waals surface area contributed by atoms with E-state index in [2.05, 4.69) is 16.5 Å². The van der Waals surface area contributed by atoms with E-state index in [1.165, 1.54) is 10.4 Å². The number of benzene rings is 1. The molecule has 1 aromatic carbocycles. The van der Waals surface area contributed by atoms with Crippen molar-refractivity contribution in [1.82, 2.24) is 15.1 Å². The Morgan fingerprint density at radius 3 is 2.62 bits per heavy atom. The number of aromatic nitrogens is 2. The molecule has 3 aromatic rings. The molecule has 0 aliphatic heterocycles. The molecule has 124 valence electrons. The van der Waals surface area contributed by atoms with E-state index in [1.807, 2.05) is 43.5 Å². The fraction of sp³-hybridized carbons (Fsp3) is 0.222. The van der Waals surface area contributed by atoms with Gasteiger partial charge in [0.25, 0.3) is 5.91 Å². The van der Waals surface area contributed by atoms with E-state index in [0.29, 0.717) is 12.1 Å². The summed E-state index contributed by atoms with van der Waals surface area (Å²) in [5.41, 5.74) is 3.48. The predicted molar refractivity (Wildman–Crippen MR) is 95.1 cm³/mol. The first kappa shape index (κ1) is 16.3. The normalized spacial score (nSPS) is 10.6. The van der Waals surface area contributed by atoms with Crippen molar-refractivity contribution in [3.05, 3.63) is 63.6 Å². The van der Waals surface area contributed by atoms with Crippen molar-refractivity contribution in [1.29, 1.82) is 0 Å². The number of thiophene rings is 1. The van der Waals surface area contributed by atoms with Crippen molar-refractivity contribution < 1.29 is 9.53 Å². The average molecular weight is 341 g/mol. The molecular formula is C18H19N3O2S. The van der Waals surface area contributed by atoms with Crippen LogP contribution in [0, 0.1) is 13.8 Å². The number of rotatable bonds is 5. The topological polar surface area (TPSA) is 56.2 Å². The maximum atomic E-state index is 12.4. The van der Waals surface area contributed by atoms with Crippen LogP contribution in [-0.2, 0) is 6.54 Å². The Morgan fingerprint density at radius 1 is 1.25 bits per heavy atom. The number of hydrogen-bond donors (Lipinski definition) is 1. The van der Waals surface area contributed by atoms with Crippen LogP contribution in [-0.4, -0.2) is 22.8 Å². The van der Waals surface area contributed by atoms with Gasteiger partial charge in [-0.05, 0) is 55.1 Å². The second-order valence-electron chi connectivity index (χ2n) is 5.46. The van der Waals surface area contributed by atoms with Crippen molar-refractivity contribution in [2.45, 2.75) is 20.4 Å². The van der Waals surface area contributed by atoms with Gasteiger partial charge in [0.1, 0.15) is 5.75 Å². The summed E-state index contributed by atoms with van der Waals surface area (Å²) in [4.78, 5) is 13.6. The second kappa shape index (κ2) is 6.88. The van der Waals surface area contributed by atoms with Crippen LogP contribution in [0.5, 0.6) is 5.75 Å². The Kier molecular flexibility index (Phi) is 4.66. The molecular weight excluding hydrogens is 322 g/mol. The monoisotopic (exact) mass is 341 g/mol. The fourth-order valence-corrected chi connectivity index (χ4v) is 3.30. The molecule has 5 nitrogen and oxygen atoms in total. The summed E-state index contributed by atoms with van der Waals surface area (Å²) in [5.74, 6) is 0.674. The van der Waals surface area contributed by atoms with Gasteiger partial charge in [-0.2, -0.15) is 5.10 Å². The van der Waals surface area contributed by atoms with Gasteiger partial charge in [-0.25, -0.2) is 4.68 Å². The number of aryl methyl sites for hydroxylation is 1. The van der Waals surface area contributed by atoms with Crippen molar-refractivity contribution >= 4 is 17.2 Å². The minimum absolute atomic E-state index is 0.111. The van der Waals surface area contributed by atoms with Gasteiger partial charge in [0, 0.05) is 4.88 Å². The van der Waals surface area contributed by atoms with Crippen LogP contribution in [0.25, 0.3) is 5.69 Å². The Morgan fingerprint density at radius 2 is 2.00 bits per heavy atom. The van der Waals surface area contributed by atoms with Crippen molar-refractivity contribution in [3.8, 4) is 11.4 Å². The second-order valence-corrected chi connectivity index (χ2v) is 6.46. The van der Waals surface area contributed by atoms with E-state index in [1.54, 1.807) is 29.3 Å². The molecule has 0 spiro atoms. The summed E-state index contributed by atoms with van der Waals surface area (Å²) in [6.07, 6.45) is 1.61. The van der Waals surface area contributed by atoms with E-state index in [0.717, 1.165) is 17.1 Å². The third kappa shape index (κ3) is 3.19. The average Bonchev–Trinajstić information content (AvgIpc) is 3.18. The van der Waals surface area contributed by atoms with Crippen LogP contribution in [0.3, 0.4) is 0 Å². The first-order chi connectivity index (χ1) is 11.6. The highest BCUT2D eigenvalue weighted by Gasteiger charge is 2.15. The van der Waals surface area contributed by atoms with Gasteiger partial charge in [0.2, 0.25) is 0 Å². The van der Waals surface area contributed by atoms with Gasteiger partial charge in [-0.3, -0.25) is 4.79 Å². The van der Waals surface area contributed by atoms with Crippen molar-refractivity contribution in [2.75, 3.05) is 7.11 Å². The Hall–Kier alpha value is -2.60. The SMILES string of the molecule is COc1ccc(-n2ncc(C(=O)NCc3sccc3C)c2C)cc1. The molecule has 0 fully saturated rings. The van der Waals surface area contributed by atoms with Gasteiger partial charge in [-0.1, -0.05) is 0 Å². The van der Waals surface area contributed by atoms with Crippen LogP contribution >= 0.6 is 11.3 Å². The van der Waals surface area contributed by atoms with Gasteiger partial charge in [0.05, 0.1) is 36.8 Å². The van der Waals surface area contributed by atoms with E-state index in [9.17, 15) is 4.79 Å². The number of ether oxygens (including phenoxy) is 1. The maximum absolute atomic E-state index is 12.4. The molecule has 0 saturated heterocycles. The van der Waals surface area contributed by atoms with Gasteiger partial charge >= 0.3 is 0 Å². The van der Waals surface area contributed by atoms with Crippen LogP contribution in [0.1, 0.15) is 26.5 Å². The Balaban J connectivity index is 1.76. The van der Waals surface area contributed by atoms with Gasteiger partial charge in [-0.15, -0.1) is 11.3 Å². The van der Waals surface area contributed by atoms with E-state index in [4.69, 9.17) is 4.74 Å². The number of nitrogens with one attached hydrogen (secondary N) is 1. The molecule has 6 heteroatoms. The van der Waals surface area contributed by atoms with Crippen LogP contribution in [0.4, 0.5) is 0 Å². The number of carbonyl (C=O) groups excluding carboxylic acids is 1. The molecule has 0 saturated carbocycles. The lowest BCUT2D eigenvalue weighted by Crippen LogP contribution is -2.23. The summed E-state index contributed by atoms with van der Waals surface area (Å²) in [7, 11) is 1.63. The minimum Gasteiger partial charge on any atom is -0.497 e. The third-order valence-electron chi connectivity index (χ3n) is 3.95. The summed E-state index contributed by atoms with van der Waals surface area (Å²) >= 11 is 1.65. The van der Waals surface area contributed by atoms with Gasteiger partial charge in [0.15, 0.2) is 0 Å². The third-order valence-corrected chi connectivity index (χ3v) is 4.97. The molecule has 2 aromatic heterocycles. The fourth-order valence-electron chi connectivity index (χ4n) is 2.46. The minimum atomic E-state index is -0.111. The lowest BCUT2D eigenvalue weighted by molar-refractivity contribution is 0.0950. The number of carbonyl (C=O) groups is 1. The lowest BCUT2D eigenvalue weighted by atomic mass is 10.2. The highest BCUT2D eigenvalue weighted by atomic mass is 32.1. The highest BCUT2D eigenvalue weighted by molar-refractivity contribution is 7.10. The molecule has 0 atom stereocenters. The van der Waals surface area contributed by atoms with Gasteiger partial charge < -0.3 is 10.1 Å². The molecule has 0 bridgehead atoms. The maximum Gasteiger partial charge on any atom is 0.255 e. The summed E-state index contributed by atoms with van der Waals surface area (Å²) < 4.78 is 6.92. The summed E-state index contributed by atoms with van der Waals surface area (Å²) in [5, 5.41) is 9.34. The standard InChI is InChI=1S/C18H19N3O2S/c1-12-8-9-24-17(12)11-19-18(22)16-10-20-21(13(16)2)14-4-6-15(23-3)7-5-14/h4-10H,11H2,1-3H3,(H,19,22). The van der Waals surface area contributed by atoms with Crippen molar-refractivity contribution in [2.24, 2.45) is 0 Å². The molecule has 24 heavy (non-hydrogen) atoms. The van der Waals surface area contributed by atoms with E-state index >= 15 is 0 Å². The quantitative estimate of drug-likeness (QED) is 0.773. The lowest BCUT2D eigenvalue weighted by Gasteiger charge is -2.07. The predicted octanol–water partition coefficient (Wildman–Crippen LogP) is 3.49. The molecule has 2 heterocycles. The summed E-state index contributed by atoms with van der Waals surface area (Å²) in [6, 6.07) is 9.62. The highest BCUT2D eigenvalue weighted by Crippen LogP contribution is 2.19. The van der Waals surface area contributed by atoms with Crippen LogP contribution in [0.2, 0.25) is 0 Å². The molecule has 0 aliphatic rings. The molecule has 0 aliphatic carbocycles. The molecule has 1 N–H and O–H groups in total.